The standard InChI is InChI=1S/C13H14N4O2S/c1-3-4-11-15-16-13(20-11)14-12(18)9-7-10-8(17(9)2)5-6-19-10/h5-7H,3-4H2,1-2H3,(H,14,16,18). The van der Waals surface area contributed by atoms with E-state index < -0.39 is 0 Å². The summed E-state index contributed by atoms with van der Waals surface area (Å²) < 4.78 is 7.08. The predicted molar refractivity (Wildman–Crippen MR) is 77.0 cm³/mol. The third kappa shape index (κ3) is 2.20. The third-order valence-electron chi connectivity index (χ3n) is 3.05. The first-order valence-corrected chi connectivity index (χ1v) is 7.17. The van der Waals surface area contributed by atoms with E-state index in [1.807, 2.05) is 13.1 Å². The summed E-state index contributed by atoms with van der Waals surface area (Å²) in [6.07, 6.45) is 3.50. The molecule has 6 nitrogen and oxygen atoms in total. The molecule has 0 atom stereocenters. The Bertz CT molecular complexity index is 755. The average Bonchev–Trinajstić information content (AvgIpc) is 3.09. The summed E-state index contributed by atoms with van der Waals surface area (Å²) in [5.74, 6) is -0.210. The van der Waals surface area contributed by atoms with Gasteiger partial charge in [-0.3, -0.25) is 10.1 Å². The van der Waals surface area contributed by atoms with Crippen molar-refractivity contribution in [1.82, 2.24) is 14.8 Å². The zero-order valence-electron chi connectivity index (χ0n) is 11.2. The van der Waals surface area contributed by atoms with Crippen LogP contribution in [0.4, 0.5) is 5.13 Å². The van der Waals surface area contributed by atoms with E-state index in [1.165, 1.54) is 11.3 Å². The van der Waals surface area contributed by atoms with Crippen LogP contribution in [0.5, 0.6) is 0 Å². The molecule has 104 valence electrons. The van der Waals surface area contributed by atoms with Crippen LogP contribution in [0.15, 0.2) is 22.8 Å². The number of amides is 1. The molecule has 0 unspecified atom stereocenters. The van der Waals surface area contributed by atoms with Gasteiger partial charge in [-0.25, -0.2) is 0 Å². The highest BCUT2D eigenvalue weighted by Gasteiger charge is 2.16. The molecule has 0 radical (unpaired) electrons. The molecular weight excluding hydrogens is 276 g/mol. The minimum absolute atomic E-state index is 0.210. The number of aromatic nitrogens is 3. The molecule has 3 aromatic heterocycles. The van der Waals surface area contributed by atoms with Crippen LogP contribution >= 0.6 is 11.3 Å². The molecule has 7 heteroatoms. The van der Waals surface area contributed by atoms with E-state index in [9.17, 15) is 4.79 Å². The van der Waals surface area contributed by atoms with Gasteiger partial charge in [0.25, 0.3) is 5.91 Å². The Morgan fingerprint density at radius 3 is 3.10 bits per heavy atom. The predicted octanol–water partition coefficient (Wildman–Crippen LogP) is 2.83. The second kappa shape index (κ2) is 5.09. The Balaban J connectivity index is 1.81. The van der Waals surface area contributed by atoms with Crippen molar-refractivity contribution >= 4 is 33.5 Å². The Morgan fingerprint density at radius 2 is 2.35 bits per heavy atom. The Hall–Kier alpha value is -2.15. The maximum Gasteiger partial charge on any atom is 0.274 e. The summed E-state index contributed by atoms with van der Waals surface area (Å²) in [5, 5.41) is 12.2. The van der Waals surface area contributed by atoms with Gasteiger partial charge in [0.1, 0.15) is 10.7 Å². The maximum atomic E-state index is 12.2. The number of nitrogens with zero attached hydrogens (tertiary/aromatic N) is 3. The minimum atomic E-state index is -0.210. The van der Waals surface area contributed by atoms with Crippen molar-refractivity contribution in [3.8, 4) is 0 Å². The van der Waals surface area contributed by atoms with Crippen LogP contribution in [0.3, 0.4) is 0 Å². The van der Waals surface area contributed by atoms with Gasteiger partial charge in [-0.15, -0.1) is 10.2 Å². The molecule has 0 aliphatic carbocycles. The molecule has 3 heterocycles. The highest BCUT2D eigenvalue weighted by molar-refractivity contribution is 7.15. The fourth-order valence-electron chi connectivity index (χ4n) is 2.05. The summed E-state index contributed by atoms with van der Waals surface area (Å²) >= 11 is 1.41. The molecule has 0 aliphatic rings. The molecule has 20 heavy (non-hydrogen) atoms. The van der Waals surface area contributed by atoms with Gasteiger partial charge in [-0.05, 0) is 6.42 Å². The lowest BCUT2D eigenvalue weighted by molar-refractivity contribution is 0.101. The molecule has 0 fully saturated rings. The molecule has 1 N–H and O–H groups in total. The summed E-state index contributed by atoms with van der Waals surface area (Å²) in [7, 11) is 1.83. The third-order valence-corrected chi connectivity index (χ3v) is 3.95. The summed E-state index contributed by atoms with van der Waals surface area (Å²) in [6.45, 7) is 2.08. The van der Waals surface area contributed by atoms with Gasteiger partial charge in [-0.2, -0.15) is 0 Å². The zero-order chi connectivity index (χ0) is 14.1. The molecule has 0 aliphatic heterocycles. The van der Waals surface area contributed by atoms with E-state index in [0.717, 1.165) is 23.4 Å². The van der Waals surface area contributed by atoms with Crippen molar-refractivity contribution in [2.45, 2.75) is 19.8 Å². The van der Waals surface area contributed by atoms with E-state index in [0.29, 0.717) is 16.4 Å². The number of fused-ring (bicyclic) bond motifs is 1. The van der Waals surface area contributed by atoms with Gasteiger partial charge in [-0.1, -0.05) is 18.3 Å². The second-order valence-corrected chi connectivity index (χ2v) is 5.53. The van der Waals surface area contributed by atoms with Crippen molar-refractivity contribution < 1.29 is 9.21 Å². The fourth-order valence-corrected chi connectivity index (χ4v) is 2.88. The molecule has 0 bridgehead atoms. The molecule has 0 saturated heterocycles. The Morgan fingerprint density at radius 1 is 1.50 bits per heavy atom. The topological polar surface area (TPSA) is 73.0 Å². The van der Waals surface area contributed by atoms with Crippen LogP contribution in [0.1, 0.15) is 28.8 Å². The largest absolute Gasteiger partial charge is 0.463 e. The van der Waals surface area contributed by atoms with Crippen LogP contribution < -0.4 is 5.32 Å². The van der Waals surface area contributed by atoms with Crippen LogP contribution in [0, 0.1) is 0 Å². The number of anilines is 1. The molecule has 1 amide bonds. The molecule has 0 saturated carbocycles. The number of carbonyl (C=O) groups excluding carboxylic acids is 1. The summed E-state index contributed by atoms with van der Waals surface area (Å²) in [5.41, 5.74) is 2.12. The molecular formula is C13H14N4O2S. The first-order valence-electron chi connectivity index (χ1n) is 6.35. The van der Waals surface area contributed by atoms with E-state index in [2.05, 4.69) is 22.4 Å². The van der Waals surface area contributed by atoms with Gasteiger partial charge < -0.3 is 8.98 Å². The number of rotatable bonds is 4. The lowest BCUT2D eigenvalue weighted by Crippen LogP contribution is -2.15. The molecule has 0 aromatic carbocycles. The number of furan rings is 1. The van der Waals surface area contributed by atoms with E-state index in [1.54, 1.807) is 16.9 Å². The van der Waals surface area contributed by atoms with Gasteiger partial charge in [0.15, 0.2) is 5.58 Å². The fraction of sp³-hybridized carbons (Fsp3) is 0.308. The lowest BCUT2D eigenvalue weighted by atomic mass is 10.4. The van der Waals surface area contributed by atoms with Gasteiger partial charge in [0.05, 0.1) is 11.8 Å². The Kier molecular flexibility index (Phi) is 3.27. The van der Waals surface area contributed by atoms with Crippen LogP contribution in [0.25, 0.3) is 11.1 Å². The minimum Gasteiger partial charge on any atom is -0.463 e. The first kappa shape index (κ1) is 12.9. The van der Waals surface area contributed by atoms with E-state index >= 15 is 0 Å². The van der Waals surface area contributed by atoms with Crippen molar-refractivity contribution in [2.75, 3.05) is 5.32 Å². The smallest absolute Gasteiger partial charge is 0.274 e. The van der Waals surface area contributed by atoms with Crippen LogP contribution in [-0.2, 0) is 13.5 Å². The second-order valence-electron chi connectivity index (χ2n) is 4.46. The maximum absolute atomic E-state index is 12.2. The Labute approximate surface area is 119 Å². The molecule has 3 aromatic rings. The average molecular weight is 290 g/mol. The van der Waals surface area contributed by atoms with Crippen LogP contribution in [0.2, 0.25) is 0 Å². The van der Waals surface area contributed by atoms with Gasteiger partial charge >= 0.3 is 0 Å². The lowest BCUT2D eigenvalue weighted by Gasteiger charge is -2.02. The van der Waals surface area contributed by atoms with Gasteiger partial charge in [0.2, 0.25) is 5.13 Å². The zero-order valence-corrected chi connectivity index (χ0v) is 12.0. The summed E-state index contributed by atoms with van der Waals surface area (Å²) in [4.78, 5) is 12.2. The van der Waals surface area contributed by atoms with Crippen molar-refractivity contribution in [3.05, 3.63) is 29.1 Å². The van der Waals surface area contributed by atoms with Crippen molar-refractivity contribution in [3.63, 3.8) is 0 Å². The first-order chi connectivity index (χ1) is 9.69. The summed E-state index contributed by atoms with van der Waals surface area (Å²) in [6, 6.07) is 3.55. The van der Waals surface area contributed by atoms with E-state index in [-0.39, 0.29) is 5.91 Å². The van der Waals surface area contributed by atoms with Crippen molar-refractivity contribution in [2.24, 2.45) is 7.05 Å². The normalized spacial score (nSPS) is 11.1. The number of hydrogen-bond donors (Lipinski definition) is 1. The monoisotopic (exact) mass is 290 g/mol. The quantitative estimate of drug-likeness (QED) is 0.802. The number of aryl methyl sites for hydroxylation is 2. The highest BCUT2D eigenvalue weighted by Crippen LogP contribution is 2.22. The molecule has 0 spiro atoms. The number of nitrogens with one attached hydrogen (secondary N) is 1. The SMILES string of the molecule is CCCc1nnc(NC(=O)c2cc3occc3n2C)s1. The molecule has 3 rings (SSSR count). The van der Waals surface area contributed by atoms with Crippen LogP contribution in [-0.4, -0.2) is 20.7 Å². The number of hydrogen-bond acceptors (Lipinski definition) is 5. The number of carbonyl (C=O) groups is 1. The van der Waals surface area contributed by atoms with Crippen molar-refractivity contribution in [1.29, 1.82) is 0 Å². The highest BCUT2D eigenvalue weighted by atomic mass is 32.1. The van der Waals surface area contributed by atoms with Gasteiger partial charge in [0, 0.05) is 25.6 Å². The van der Waals surface area contributed by atoms with E-state index in [4.69, 9.17) is 4.42 Å².